The molecule has 4 aromatic carbocycles. The van der Waals surface area contributed by atoms with Crippen molar-refractivity contribution < 1.29 is 19.2 Å². The number of ketones is 2. The van der Waals surface area contributed by atoms with Crippen molar-refractivity contribution in [1.29, 1.82) is 0 Å². The number of hydrogen-bond donors (Lipinski definition) is 0. The second kappa shape index (κ2) is 18.8. The second-order valence-electron chi connectivity index (χ2n) is 14.1. The van der Waals surface area contributed by atoms with E-state index in [0.29, 0.717) is 45.8 Å². The second-order valence-corrected chi connectivity index (χ2v) is 15.8. The molecular weight excluding hydrogens is 762 g/mol. The Hall–Kier alpha value is -3.68. The molecule has 0 radical (unpaired) electrons. The highest BCUT2D eigenvalue weighted by atomic mass is 35.5. The summed E-state index contributed by atoms with van der Waals surface area (Å²) >= 11 is 24.6. The Bertz CT molecular complexity index is 1810. The van der Waals surface area contributed by atoms with E-state index in [1.807, 2.05) is 111 Å². The quantitative estimate of drug-likeness (QED) is 0.160. The van der Waals surface area contributed by atoms with Crippen LogP contribution in [0.25, 0.3) is 0 Å². The van der Waals surface area contributed by atoms with E-state index in [2.05, 4.69) is 0 Å². The minimum absolute atomic E-state index is 0.0107. The molecule has 54 heavy (non-hydrogen) atoms. The molecule has 6 rings (SSSR count). The van der Waals surface area contributed by atoms with E-state index >= 15 is 0 Å². The van der Waals surface area contributed by atoms with Crippen molar-refractivity contribution in [2.45, 2.75) is 102 Å². The van der Waals surface area contributed by atoms with Crippen LogP contribution in [0.5, 0.6) is 0 Å². The van der Waals surface area contributed by atoms with Gasteiger partial charge in [0, 0.05) is 44.8 Å². The molecule has 0 aromatic heterocycles. The average molecular weight is 809 g/mol. The molecule has 6 atom stereocenters. The van der Waals surface area contributed by atoms with Crippen molar-refractivity contribution in [2.24, 2.45) is 0 Å². The predicted molar refractivity (Wildman–Crippen MR) is 218 cm³/mol. The lowest BCUT2D eigenvalue weighted by molar-refractivity contribution is -0.146. The Balaban J connectivity index is 0.000000208. The van der Waals surface area contributed by atoms with E-state index in [9.17, 15) is 19.2 Å². The number of Topliss-reactive ketones (excluding diaryl/α,β-unsaturated/α-hetero) is 2. The first-order valence-corrected chi connectivity index (χ1v) is 20.0. The van der Waals surface area contributed by atoms with Gasteiger partial charge in [0.2, 0.25) is 11.8 Å². The number of nitrogens with zero attached hydrogens (tertiary/aromatic N) is 2. The SMILES string of the molecule is CC[C@@H](C(C)=O)N1C(=O)CC[C@H](c2cccc(Cl)c2)[C@H]1c1ccc(Cl)cc1.CC[C@H](C(C)=O)N1C(=O)CC[C@H](c2cccc(Cl)c2)[C@H]1c1ccc(Cl)cc1. The van der Waals surface area contributed by atoms with Crippen LogP contribution in [-0.4, -0.2) is 45.3 Å². The van der Waals surface area contributed by atoms with Gasteiger partial charge in [-0.25, -0.2) is 0 Å². The molecule has 2 aliphatic heterocycles. The third-order valence-electron chi connectivity index (χ3n) is 10.6. The van der Waals surface area contributed by atoms with Crippen molar-refractivity contribution in [1.82, 2.24) is 9.80 Å². The third-order valence-corrected chi connectivity index (χ3v) is 11.6. The van der Waals surface area contributed by atoms with Crippen molar-refractivity contribution >= 4 is 69.8 Å². The van der Waals surface area contributed by atoms with E-state index in [1.165, 1.54) is 0 Å². The monoisotopic (exact) mass is 806 g/mol. The fourth-order valence-corrected chi connectivity index (χ4v) is 8.85. The first-order chi connectivity index (χ1) is 25.8. The van der Waals surface area contributed by atoms with Gasteiger partial charge in [-0.2, -0.15) is 0 Å². The summed E-state index contributed by atoms with van der Waals surface area (Å²) in [6.07, 6.45) is 3.46. The first kappa shape index (κ1) is 41.5. The summed E-state index contributed by atoms with van der Waals surface area (Å²) in [6, 6.07) is 29.4. The van der Waals surface area contributed by atoms with Crippen molar-refractivity contribution in [2.75, 3.05) is 0 Å². The van der Waals surface area contributed by atoms with Crippen molar-refractivity contribution in [3.63, 3.8) is 0 Å². The molecule has 2 aliphatic rings. The zero-order chi connectivity index (χ0) is 39.1. The van der Waals surface area contributed by atoms with Gasteiger partial charge in [0.25, 0.3) is 0 Å². The number of piperidine rings is 2. The number of carbonyl (C=O) groups excluding carboxylic acids is 4. The normalized spacial score (nSPS) is 21.2. The summed E-state index contributed by atoms with van der Waals surface area (Å²) in [5, 5.41) is 2.63. The van der Waals surface area contributed by atoms with Gasteiger partial charge >= 0.3 is 0 Å². The molecule has 0 aliphatic carbocycles. The van der Waals surface area contributed by atoms with Crippen LogP contribution in [0.2, 0.25) is 20.1 Å². The minimum Gasteiger partial charge on any atom is -0.325 e. The zero-order valence-corrected chi connectivity index (χ0v) is 34.0. The summed E-state index contributed by atoms with van der Waals surface area (Å²) in [4.78, 5) is 54.0. The van der Waals surface area contributed by atoms with Crippen LogP contribution in [0.3, 0.4) is 0 Å². The zero-order valence-electron chi connectivity index (χ0n) is 31.0. The Morgan fingerprint density at radius 3 is 1.20 bits per heavy atom. The molecule has 0 bridgehead atoms. The number of likely N-dealkylation sites (tertiary alicyclic amines) is 2. The Labute approximate surface area is 338 Å². The maximum absolute atomic E-state index is 12.9. The fraction of sp³-hybridized carbons (Fsp3) is 0.364. The molecule has 2 saturated heterocycles. The van der Waals surface area contributed by atoms with E-state index in [0.717, 1.165) is 35.1 Å². The Morgan fingerprint density at radius 2 is 0.907 bits per heavy atom. The lowest BCUT2D eigenvalue weighted by atomic mass is 9.78. The molecular formula is C44H46Cl4N2O4. The minimum atomic E-state index is -0.430. The van der Waals surface area contributed by atoms with E-state index < -0.39 is 12.1 Å². The number of hydrogen-bond acceptors (Lipinski definition) is 4. The standard InChI is InChI=1S/2C22H23Cl2NO2/c2*1-3-20(14(2)26)25-21(27)12-11-19(16-5-4-6-18(24)13-16)22(25)15-7-9-17(23)10-8-15/h2*4-10,13,19-20,22H,3,11-12H2,1-2H3/t19-,20+,22-;19-,20-,22-/m11/s1. The summed E-state index contributed by atoms with van der Waals surface area (Å²) in [7, 11) is 0. The third kappa shape index (κ3) is 9.57. The molecule has 10 heteroatoms. The molecule has 4 aromatic rings. The topological polar surface area (TPSA) is 74.8 Å². The number of carbonyl (C=O) groups is 4. The van der Waals surface area contributed by atoms with Crippen LogP contribution >= 0.6 is 46.4 Å². The molecule has 2 heterocycles. The van der Waals surface area contributed by atoms with E-state index in [-0.39, 0.29) is 47.3 Å². The van der Waals surface area contributed by atoms with E-state index in [1.54, 1.807) is 23.6 Å². The number of benzene rings is 4. The van der Waals surface area contributed by atoms with Gasteiger partial charge in [-0.3, -0.25) is 19.2 Å². The van der Waals surface area contributed by atoms with Crippen LogP contribution in [0.1, 0.15) is 112 Å². The molecule has 0 saturated carbocycles. The molecule has 6 nitrogen and oxygen atoms in total. The van der Waals surface area contributed by atoms with Crippen LogP contribution in [-0.2, 0) is 19.2 Å². The molecule has 0 unspecified atom stereocenters. The molecule has 2 fully saturated rings. The summed E-state index contributed by atoms with van der Waals surface area (Å²) in [5.41, 5.74) is 4.13. The lowest BCUT2D eigenvalue weighted by Crippen LogP contribution is -2.50. The van der Waals surface area contributed by atoms with Crippen LogP contribution < -0.4 is 0 Å². The van der Waals surface area contributed by atoms with Crippen LogP contribution in [0.15, 0.2) is 97.1 Å². The summed E-state index contributed by atoms with van der Waals surface area (Å²) < 4.78 is 0. The highest BCUT2D eigenvalue weighted by Gasteiger charge is 2.43. The predicted octanol–water partition coefficient (Wildman–Crippen LogP) is 11.6. The fourth-order valence-electron chi connectivity index (χ4n) is 8.20. The first-order valence-electron chi connectivity index (χ1n) is 18.5. The van der Waals surface area contributed by atoms with E-state index in [4.69, 9.17) is 46.4 Å². The Kier molecular flexibility index (Phi) is 14.4. The van der Waals surface area contributed by atoms with Gasteiger partial charge in [0.15, 0.2) is 11.6 Å². The average Bonchev–Trinajstić information content (AvgIpc) is 3.14. The summed E-state index contributed by atoms with van der Waals surface area (Å²) in [5.74, 6) is 0.200. The maximum atomic E-state index is 12.9. The highest BCUT2D eigenvalue weighted by Crippen LogP contribution is 2.46. The number of rotatable bonds is 10. The van der Waals surface area contributed by atoms with Gasteiger partial charge in [-0.05, 0) is 110 Å². The van der Waals surface area contributed by atoms with Crippen LogP contribution in [0.4, 0.5) is 0 Å². The van der Waals surface area contributed by atoms with Gasteiger partial charge in [-0.15, -0.1) is 0 Å². The van der Waals surface area contributed by atoms with Gasteiger partial charge in [0.05, 0.1) is 24.2 Å². The number of amides is 2. The van der Waals surface area contributed by atoms with Gasteiger partial charge in [0.1, 0.15) is 0 Å². The Morgan fingerprint density at radius 1 is 0.556 bits per heavy atom. The molecule has 0 N–H and O–H groups in total. The smallest absolute Gasteiger partial charge is 0.223 e. The van der Waals surface area contributed by atoms with Gasteiger partial charge < -0.3 is 9.80 Å². The van der Waals surface area contributed by atoms with Gasteiger partial charge in [-0.1, -0.05) is 109 Å². The van der Waals surface area contributed by atoms with Crippen LogP contribution in [0, 0.1) is 0 Å². The van der Waals surface area contributed by atoms with Crippen molar-refractivity contribution in [3.05, 3.63) is 139 Å². The molecule has 284 valence electrons. The lowest BCUT2D eigenvalue weighted by Gasteiger charge is -2.45. The number of halogens is 4. The maximum Gasteiger partial charge on any atom is 0.223 e. The van der Waals surface area contributed by atoms with Crippen molar-refractivity contribution in [3.8, 4) is 0 Å². The largest absolute Gasteiger partial charge is 0.325 e. The molecule has 0 spiro atoms. The molecule has 2 amide bonds. The highest BCUT2D eigenvalue weighted by molar-refractivity contribution is 6.31. The summed E-state index contributed by atoms with van der Waals surface area (Å²) in [6.45, 7) is 7.01.